The fourth-order valence-electron chi connectivity index (χ4n) is 6.81. The Morgan fingerprint density at radius 1 is 1.26 bits per heavy atom. The first-order valence-corrected chi connectivity index (χ1v) is 10.7. The summed E-state index contributed by atoms with van der Waals surface area (Å²) in [6.45, 7) is 4.65. The Bertz CT molecular complexity index is 731. The normalized spacial score (nSPS) is 35.6. The van der Waals surface area contributed by atoms with Gasteiger partial charge < -0.3 is 5.11 Å². The van der Waals surface area contributed by atoms with E-state index >= 15 is 0 Å². The van der Waals surface area contributed by atoms with E-state index in [-0.39, 0.29) is 17.8 Å². The van der Waals surface area contributed by atoms with Gasteiger partial charge >= 0.3 is 0 Å². The smallest absolute Gasteiger partial charge is 0.134 e. The first kappa shape index (κ1) is 19.3. The van der Waals surface area contributed by atoms with Gasteiger partial charge in [-0.1, -0.05) is 25.8 Å². The molecule has 0 amide bonds. The second-order valence-electron chi connectivity index (χ2n) is 9.42. The first-order valence-electron chi connectivity index (χ1n) is 10.7. The van der Waals surface area contributed by atoms with Crippen molar-refractivity contribution in [2.75, 3.05) is 13.1 Å². The molecule has 3 nitrogen and oxygen atoms in total. The van der Waals surface area contributed by atoms with Crippen LogP contribution in [0.1, 0.15) is 63.0 Å². The minimum Gasteiger partial charge on any atom is -0.508 e. The molecule has 5 rings (SSSR count). The summed E-state index contributed by atoms with van der Waals surface area (Å²) < 4.78 is 0. The van der Waals surface area contributed by atoms with Gasteiger partial charge in [-0.25, -0.2) is 0 Å². The number of phenolic OH excluding ortho intramolecular Hbond substituents is 1. The average Bonchev–Trinajstić information content (AvgIpc) is 2.59. The van der Waals surface area contributed by atoms with Crippen molar-refractivity contribution >= 4 is 18.2 Å². The van der Waals surface area contributed by atoms with Crippen molar-refractivity contribution < 1.29 is 9.90 Å². The van der Waals surface area contributed by atoms with Crippen LogP contribution in [0.2, 0.25) is 0 Å². The molecule has 0 radical (unpaired) electrons. The number of carbonyl (C=O) groups excluding carboxylic acids is 1. The predicted octanol–water partition coefficient (Wildman–Crippen LogP) is 4.49. The summed E-state index contributed by atoms with van der Waals surface area (Å²) in [5.74, 6) is 2.78. The number of likely N-dealkylation sites (tertiary alicyclic amines) is 1. The number of halogens is 1. The monoisotopic (exact) mass is 389 g/mol. The summed E-state index contributed by atoms with van der Waals surface area (Å²) in [7, 11) is 0. The van der Waals surface area contributed by atoms with Crippen LogP contribution in [0.15, 0.2) is 18.2 Å². The standard InChI is InChI=1S/C23H31NO2.ClH/c1-2-16-10-19(26)13-23-8-9-24(14-15-4-3-5-15)21(22(16)23)11-17-6-7-18(25)12-20(17)23;/h6-7,12,15-16,21-22,25H,2-5,8-11,13-14H2,1H3;1H/t16-,21-,22+,23-;/m1./s1. The van der Waals surface area contributed by atoms with Gasteiger partial charge in [0.25, 0.3) is 0 Å². The molecule has 1 aliphatic heterocycles. The molecule has 1 aromatic carbocycles. The summed E-state index contributed by atoms with van der Waals surface area (Å²) in [6, 6.07) is 6.54. The van der Waals surface area contributed by atoms with Crippen LogP contribution in [0.3, 0.4) is 0 Å². The average molecular weight is 390 g/mol. The third-order valence-electron chi connectivity index (χ3n) is 8.18. The molecule has 0 unspecified atom stereocenters. The highest BCUT2D eigenvalue weighted by Gasteiger charge is 2.58. The van der Waals surface area contributed by atoms with Crippen LogP contribution in [-0.2, 0) is 16.6 Å². The summed E-state index contributed by atoms with van der Waals surface area (Å²) in [5.41, 5.74) is 2.66. The van der Waals surface area contributed by atoms with Crippen LogP contribution < -0.4 is 0 Å². The van der Waals surface area contributed by atoms with Gasteiger partial charge in [0.15, 0.2) is 0 Å². The Balaban J connectivity index is 0.00000180. The van der Waals surface area contributed by atoms with E-state index in [1.807, 2.05) is 12.1 Å². The molecule has 3 fully saturated rings. The maximum Gasteiger partial charge on any atom is 0.134 e. The topological polar surface area (TPSA) is 40.5 Å². The van der Waals surface area contributed by atoms with Crippen molar-refractivity contribution in [2.24, 2.45) is 17.8 Å². The van der Waals surface area contributed by atoms with Crippen LogP contribution in [0, 0.1) is 17.8 Å². The van der Waals surface area contributed by atoms with Gasteiger partial charge in [-0.05, 0) is 73.2 Å². The van der Waals surface area contributed by atoms with E-state index < -0.39 is 0 Å². The molecule has 27 heavy (non-hydrogen) atoms. The van der Waals surface area contributed by atoms with Gasteiger partial charge in [0.2, 0.25) is 0 Å². The zero-order valence-electron chi connectivity index (χ0n) is 16.3. The van der Waals surface area contributed by atoms with Crippen molar-refractivity contribution in [3.05, 3.63) is 29.3 Å². The molecular weight excluding hydrogens is 358 g/mol. The Morgan fingerprint density at radius 2 is 2.07 bits per heavy atom. The second kappa shape index (κ2) is 7.08. The highest BCUT2D eigenvalue weighted by Crippen LogP contribution is 2.58. The molecule has 4 aliphatic rings. The number of ketones is 1. The molecule has 1 saturated heterocycles. The first-order chi connectivity index (χ1) is 12.6. The fourth-order valence-corrected chi connectivity index (χ4v) is 6.81. The maximum atomic E-state index is 12.7. The molecule has 1 N–H and O–H groups in total. The van der Waals surface area contributed by atoms with Crippen molar-refractivity contribution in [1.82, 2.24) is 4.90 Å². The number of aromatic hydroxyl groups is 1. The number of Topliss-reactive ketones (excluding diaryl/α,β-unsaturated/α-hetero) is 1. The molecular formula is C23H32ClNO2. The largest absolute Gasteiger partial charge is 0.508 e. The summed E-state index contributed by atoms with van der Waals surface area (Å²) >= 11 is 0. The van der Waals surface area contributed by atoms with Gasteiger partial charge in [0.1, 0.15) is 11.5 Å². The van der Waals surface area contributed by atoms with Crippen LogP contribution in [0.25, 0.3) is 0 Å². The lowest BCUT2D eigenvalue weighted by Gasteiger charge is -2.61. The highest BCUT2D eigenvalue weighted by molar-refractivity contribution is 5.85. The van der Waals surface area contributed by atoms with Gasteiger partial charge in [-0.3, -0.25) is 9.69 Å². The van der Waals surface area contributed by atoms with E-state index in [1.165, 1.54) is 36.9 Å². The van der Waals surface area contributed by atoms with Gasteiger partial charge in [-0.2, -0.15) is 0 Å². The number of hydrogen-bond donors (Lipinski definition) is 1. The van der Waals surface area contributed by atoms with Gasteiger partial charge in [-0.15, -0.1) is 12.4 Å². The van der Waals surface area contributed by atoms with E-state index in [0.717, 1.165) is 38.1 Å². The molecule has 1 aromatic rings. The molecule has 1 heterocycles. The van der Waals surface area contributed by atoms with E-state index in [2.05, 4.69) is 17.9 Å². The number of piperidine rings is 1. The number of rotatable bonds is 3. The zero-order valence-corrected chi connectivity index (χ0v) is 17.1. The van der Waals surface area contributed by atoms with Crippen LogP contribution in [0.5, 0.6) is 5.75 Å². The third-order valence-corrected chi connectivity index (χ3v) is 8.18. The lowest BCUT2D eigenvalue weighted by Crippen LogP contribution is -2.64. The minimum absolute atomic E-state index is 0. The Labute approximate surface area is 168 Å². The molecule has 3 aliphatic carbocycles. The zero-order chi connectivity index (χ0) is 17.9. The lowest BCUT2D eigenvalue weighted by atomic mass is 9.49. The van der Waals surface area contributed by atoms with Crippen molar-refractivity contribution in [3.63, 3.8) is 0 Å². The molecule has 0 aromatic heterocycles. The summed E-state index contributed by atoms with van der Waals surface area (Å²) in [5, 5.41) is 10.2. The highest BCUT2D eigenvalue weighted by atomic mass is 35.5. The summed E-state index contributed by atoms with van der Waals surface area (Å²) in [6.07, 6.45) is 8.95. The minimum atomic E-state index is -0.0247. The van der Waals surface area contributed by atoms with Crippen molar-refractivity contribution in [1.29, 1.82) is 0 Å². The molecule has 0 spiro atoms. The van der Waals surface area contributed by atoms with Gasteiger partial charge in [0, 0.05) is 30.8 Å². The molecule has 148 valence electrons. The molecule has 4 heteroatoms. The predicted molar refractivity (Wildman–Crippen MR) is 110 cm³/mol. The number of nitrogens with zero attached hydrogens (tertiary/aromatic N) is 1. The molecule has 4 atom stereocenters. The second-order valence-corrected chi connectivity index (χ2v) is 9.42. The lowest BCUT2D eigenvalue weighted by molar-refractivity contribution is -0.132. The number of benzene rings is 1. The van der Waals surface area contributed by atoms with Crippen LogP contribution >= 0.6 is 12.4 Å². The van der Waals surface area contributed by atoms with E-state index in [4.69, 9.17) is 0 Å². The SMILES string of the molecule is CC[C@@H]1CC(=O)C[C@]23CCN(CC4CCC4)[C@H](Cc4ccc(O)cc42)[C@H]13.Cl. The maximum absolute atomic E-state index is 12.7. The van der Waals surface area contributed by atoms with E-state index in [9.17, 15) is 9.90 Å². The number of carbonyl (C=O) groups is 1. The Kier molecular flexibility index (Phi) is 5.05. The number of phenols is 1. The Hall–Kier alpha value is -1.06. The fraction of sp³-hybridized carbons (Fsp3) is 0.696. The number of hydrogen-bond acceptors (Lipinski definition) is 3. The number of fused-ring (bicyclic) bond motifs is 1. The Morgan fingerprint density at radius 3 is 2.78 bits per heavy atom. The van der Waals surface area contributed by atoms with Gasteiger partial charge in [0.05, 0.1) is 0 Å². The quantitative estimate of drug-likeness (QED) is 0.828. The van der Waals surface area contributed by atoms with E-state index in [0.29, 0.717) is 35.8 Å². The van der Waals surface area contributed by atoms with Crippen LogP contribution in [-0.4, -0.2) is 34.9 Å². The van der Waals surface area contributed by atoms with Crippen molar-refractivity contribution in [3.8, 4) is 5.75 Å². The molecule has 2 saturated carbocycles. The summed E-state index contributed by atoms with van der Waals surface area (Å²) in [4.78, 5) is 15.5. The van der Waals surface area contributed by atoms with Crippen LogP contribution in [0.4, 0.5) is 0 Å². The van der Waals surface area contributed by atoms with E-state index in [1.54, 1.807) is 0 Å². The molecule has 2 bridgehead atoms. The van der Waals surface area contributed by atoms with Crippen molar-refractivity contribution in [2.45, 2.75) is 69.7 Å². The third kappa shape index (κ3) is 2.93.